The molecule has 0 radical (unpaired) electrons. The summed E-state index contributed by atoms with van der Waals surface area (Å²) < 4.78 is 58.6. The van der Waals surface area contributed by atoms with E-state index < -0.39 is 45.5 Å². The maximum absolute atomic E-state index is 15.1. The third-order valence-corrected chi connectivity index (χ3v) is 10.6. The molecule has 3 atom stereocenters. The number of pyridine rings is 1. The van der Waals surface area contributed by atoms with E-state index in [0.717, 1.165) is 0 Å². The van der Waals surface area contributed by atoms with Crippen LogP contribution < -0.4 is 20.5 Å². The summed E-state index contributed by atoms with van der Waals surface area (Å²) in [4.78, 5) is 21.3. The number of rotatable bonds is 6. The van der Waals surface area contributed by atoms with E-state index in [4.69, 9.17) is 10.5 Å². The van der Waals surface area contributed by atoms with E-state index in [1.54, 1.807) is 6.92 Å². The summed E-state index contributed by atoms with van der Waals surface area (Å²) in [6.45, 7) is 5.18. The summed E-state index contributed by atoms with van der Waals surface area (Å²) in [5.74, 6) is -0.773. The number of amidine groups is 1. The predicted molar refractivity (Wildman–Crippen MR) is 130 cm³/mol. The van der Waals surface area contributed by atoms with E-state index in [1.807, 2.05) is 13.8 Å². The van der Waals surface area contributed by atoms with Crippen molar-refractivity contribution in [2.45, 2.75) is 49.2 Å². The predicted octanol–water partition coefficient (Wildman–Crippen LogP) is 4.04. The van der Waals surface area contributed by atoms with Crippen molar-refractivity contribution in [2.24, 2.45) is 10.7 Å². The van der Waals surface area contributed by atoms with Crippen molar-refractivity contribution < 1.29 is 27.3 Å². The molecule has 0 bridgehead atoms. The minimum Gasteiger partial charge on any atom is -0.486 e. The van der Waals surface area contributed by atoms with Gasteiger partial charge in [0.1, 0.15) is 35.2 Å². The molecule has 1 amide bonds. The zero-order valence-corrected chi connectivity index (χ0v) is 20.3. The van der Waals surface area contributed by atoms with Crippen molar-refractivity contribution >= 4 is 27.9 Å². The Morgan fingerprint density at radius 1 is 1.34 bits per heavy atom. The van der Waals surface area contributed by atoms with Crippen LogP contribution in [0.15, 0.2) is 41.5 Å². The van der Waals surface area contributed by atoms with Gasteiger partial charge >= 0.3 is 0 Å². The molecule has 0 saturated carbocycles. The average molecular weight is 512 g/mol. The number of aromatic nitrogens is 1. The lowest BCUT2D eigenvalue weighted by Crippen LogP contribution is -2.57. The number of halogens is 3. The van der Waals surface area contributed by atoms with Crippen LogP contribution in [0.25, 0.3) is 0 Å². The number of nitrogens with one attached hydrogen (secondary N) is 2. The molecule has 1 aromatic heterocycles. The second-order valence-corrected chi connectivity index (χ2v) is 12.3. The van der Waals surface area contributed by atoms with Gasteiger partial charge in [0, 0.05) is 17.8 Å². The molecule has 1 saturated heterocycles. The molecule has 2 aliphatic rings. The van der Waals surface area contributed by atoms with Gasteiger partial charge < -0.3 is 20.3 Å². The number of benzene rings is 1. The van der Waals surface area contributed by atoms with Crippen LogP contribution in [0.3, 0.4) is 0 Å². The Balaban J connectivity index is 1.61. The van der Waals surface area contributed by atoms with Crippen molar-refractivity contribution in [1.82, 2.24) is 9.71 Å². The highest BCUT2D eigenvalue weighted by Crippen LogP contribution is 2.67. The van der Waals surface area contributed by atoms with Gasteiger partial charge in [-0.2, -0.15) is 0 Å². The normalized spacial score (nSPS) is 29.1. The van der Waals surface area contributed by atoms with Gasteiger partial charge in [-0.25, -0.2) is 18.2 Å². The molecule has 5 N–H and O–H groups in total. The SMILES string of the molecule is CC1(C)C(N)=N[C@](C)(c2cc(NC(=O)c3ccc(OCC(F)F)cn3)ccc2F)[C@@H]2CCNS21O. The highest BCUT2D eigenvalue weighted by atomic mass is 32.3. The van der Waals surface area contributed by atoms with Gasteiger partial charge in [-0.3, -0.25) is 14.5 Å². The van der Waals surface area contributed by atoms with Crippen LogP contribution in [0.2, 0.25) is 0 Å². The number of aliphatic imine (C=N–C) groups is 1. The number of carbonyl (C=O) groups is 1. The first-order valence-corrected chi connectivity index (χ1v) is 12.7. The van der Waals surface area contributed by atoms with Gasteiger partial charge in [-0.05, 0) is 57.5 Å². The van der Waals surface area contributed by atoms with E-state index in [-0.39, 0.29) is 28.1 Å². The van der Waals surface area contributed by atoms with Crippen molar-refractivity contribution in [3.8, 4) is 5.75 Å². The van der Waals surface area contributed by atoms with E-state index in [0.29, 0.717) is 18.7 Å². The molecule has 4 rings (SSSR count). The van der Waals surface area contributed by atoms with Gasteiger partial charge in [0.25, 0.3) is 12.3 Å². The van der Waals surface area contributed by atoms with Crippen molar-refractivity contribution in [3.05, 3.63) is 53.6 Å². The second-order valence-electron chi connectivity index (χ2n) is 9.18. The summed E-state index contributed by atoms with van der Waals surface area (Å²) >= 11 is 0. The minimum absolute atomic E-state index is 0.0203. The van der Waals surface area contributed by atoms with Gasteiger partial charge in [-0.15, -0.1) is 0 Å². The summed E-state index contributed by atoms with van der Waals surface area (Å²) in [5.41, 5.74) is 5.65. The molecule has 12 heteroatoms. The Labute approximate surface area is 202 Å². The Kier molecular flexibility index (Phi) is 6.49. The molecular formula is C23H28F3N5O3S. The van der Waals surface area contributed by atoms with Crippen LogP contribution in [-0.4, -0.2) is 50.9 Å². The van der Waals surface area contributed by atoms with Gasteiger partial charge in [-0.1, -0.05) is 10.5 Å². The molecule has 2 aromatic rings. The largest absolute Gasteiger partial charge is 0.486 e. The molecule has 0 aliphatic carbocycles. The minimum atomic E-state index is -2.62. The maximum Gasteiger partial charge on any atom is 0.274 e. The molecular weight excluding hydrogens is 483 g/mol. The lowest BCUT2D eigenvalue weighted by Gasteiger charge is -2.56. The number of fused-ring (bicyclic) bond motifs is 1. The van der Waals surface area contributed by atoms with Crippen LogP contribution in [0, 0.1) is 5.82 Å². The van der Waals surface area contributed by atoms with E-state index >= 15 is 4.39 Å². The Bertz CT molecular complexity index is 1160. The zero-order valence-electron chi connectivity index (χ0n) is 19.5. The van der Waals surface area contributed by atoms with Crippen molar-refractivity contribution in [2.75, 3.05) is 18.5 Å². The topological polar surface area (TPSA) is 122 Å². The van der Waals surface area contributed by atoms with Gasteiger partial charge in [0.15, 0.2) is 0 Å². The Morgan fingerprint density at radius 2 is 2.09 bits per heavy atom. The monoisotopic (exact) mass is 511 g/mol. The first-order chi connectivity index (χ1) is 16.4. The van der Waals surface area contributed by atoms with Gasteiger partial charge in [0.2, 0.25) is 0 Å². The highest BCUT2D eigenvalue weighted by Gasteiger charge is 2.60. The smallest absolute Gasteiger partial charge is 0.274 e. The molecule has 1 fully saturated rings. The standard InChI is InChI=1S/C23H28F3N5O3S/c1-22(2)21(27)31-23(3,18-8-9-29-35(18,22)33)15-10-13(4-6-16(15)24)30-20(32)17-7-5-14(11-28-17)34-12-19(25)26/h4-7,10-11,18-19,29,33H,8-9,12H2,1-3H3,(H2,27,31)(H,30,32)/t18-,23+/m0/s1. The van der Waals surface area contributed by atoms with E-state index in [2.05, 4.69) is 20.0 Å². The number of carbonyl (C=O) groups excluding carboxylic acids is 1. The van der Waals surface area contributed by atoms with Crippen LogP contribution in [0.1, 0.15) is 43.2 Å². The maximum atomic E-state index is 15.1. The fourth-order valence-electron chi connectivity index (χ4n) is 4.56. The number of nitrogens with zero attached hydrogens (tertiary/aromatic N) is 2. The molecule has 2 aliphatic heterocycles. The second kappa shape index (κ2) is 8.99. The number of alkyl halides is 2. The average Bonchev–Trinajstić information content (AvgIpc) is 3.23. The molecule has 8 nitrogen and oxygen atoms in total. The fraction of sp³-hybridized carbons (Fsp3) is 0.435. The number of anilines is 1. The molecule has 3 heterocycles. The third kappa shape index (κ3) is 4.34. The van der Waals surface area contributed by atoms with Crippen molar-refractivity contribution in [1.29, 1.82) is 0 Å². The van der Waals surface area contributed by atoms with Crippen LogP contribution >= 0.6 is 10.5 Å². The molecule has 190 valence electrons. The number of hydrogen-bond acceptors (Lipinski definition) is 7. The fourth-order valence-corrected chi connectivity index (χ4v) is 7.93. The van der Waals surface area contributed by atoms with Crippen LogP contribution in [0.4, 0.5) is 18.9 Å². The number of amides is 1. The summed E-state index contributed by atoms with van der Waals surface area (Å²) in [6.07, 6.45) is -0.866. The highest BCUT2D eigenvalue weighted by molar-refractivity contribution is 8.29. The van der Waals surface area contributed by atoms with Gasteiger partial charge in [0.05, 0.1) is 16.2 Å². The molecule has 0 spiro atoms. The number of hydrogen-bond donors (Lipinski definition) is 4. The van der Waals surface area contributed by atoms with Crippen LogP contribution in [0.5, 0.6) is 5.75 Å². The van der Waals surface area contributed by atoms with E-state index in [9.17, 15) is 18.1 Å². The van der Waals surface area contributed by atoms with Crippen molar-refractivity contribution in [3.63, 3.8) is 0 Å². The summed E-state index contributed by atoms with van der Waals surface area (Å²) in [5, 5.41) is 2.28. The lowest BCUT2D eigenvalue weighted by atomic mass is 9.85. The van der Waals surface area contributed by atoms with Crippen LogP contribution in [-0.2, 0) is 5.54 Å². The molecule has 1 unspecified atom stereocenters. The molecule has 35 heavy (non-hydrogen) atoms. The first-order valence-electron chi connectivity index (χ1n) is 11.0. The zero-order chi connectivity index (χ0) is 25.6. The van der Waals surface area contributed by atoms with E-state index in [1.165, 1.54) is 36.5 Å². The third-order valence-electron chi connectivity index (χ3n) is 6.63. The lowest BCUT2D eigenvalue weighted by molar-refractivity contribution is 0.0816. The first kappa shape index (κ1) is 25.3. The quantitative estimate of drug-likeness (QED) is 0.465. The summed E-state index contributed by atoms with van der Waals surface area (Å²) in [7, 11) is -2.47. The number of nitrogens with two attached hydrogens (primary N) is 1. The Morgan fingerprint density at radius 3 is 2.74 bits per heavy atom. The number of ether oxygens (including phenoxy) is 1. The summed E-state index contributed by atoms with van der Waals surface area (Å²) in [6, 6.07) is 6.82. The molecule has 1 aromatic carbocycles. The Hall–Kier alpha value is -2.83.